The largest absolute Gasteiger partial charge is 0.365 e. The van der Waals surface area contributed by atoms with Crippen LogP contribution in [0, 0.1) is 10.1 Å². The highest BCUT2D eigenvalue weighted by atomic mass is 16.6. The summed E-state index contributed by atoms with van der Waals surface area (Å²) in [6, 6.07) is 6.72. The highest BCUT2D eigenvalue weighted by Gasteiger charge is 2.29. The molecule has 8 heteroatoms. The van der Waals surface area contributed by atoms with Crippen molar-refractivity contribution in [2.45, 2.75) is 18.8 Å². The van der Waals surface area contributed by atoms with Crippen LogP contribution >= 0.6 is 0 Å². The van der Waals surface area contributed by atoms with E-state index in [-0.39, 0.29) is 16.5 Å². The van der Waals surface area contributed by atoms with E-state index < -0.39 is 5.91 Å². The van der Waals surface area contributed by atoms with Crippen molar-refractivity contribution >= 4 is 17.3 Å². The van der Waals surface area contributed by atoms with Gasteiger partial charge in [-0.1, -0.05) is 12.1 Å². The topological polar surface area (TPSA) is 107 Å². The number of carbonyl (C=O) groups excluding carboxylic acids is 1. The molecule has 0 radical (unpaired) electrons. The summed E-state index contributed by atoms with van der Waals surface area (Å²) >= 11 is 0. The molecule has 1 aromatic heterocycles. The summed E-state index contributed by atoms with van der Waals surface area (Å²) in [4.78, 5) is 24.5. The average molecular weight is 329 g/mol. The predicted octanol–water partition coefficient (Wildman–Crippen LogP) is 1.81. The molecule has 1 saturated heterocycles. The zero-order chi connectivity index (χ0) is 17.3. The third-order valence-electron chi connectivity index (χ3n) is 4.35. The fourth-order valence-corrected chi connectivity index (χ4v) is 3.30. The first-order chi connectivity index (χ1) is 11.5. The number of aryl methyl sites for hydroxylation is 1. The smallest absolute Gasteiger partial charge is 0.292 e. The molecule has 1 aliphatic rings. The van der Waals surface area contributed by atoms with Gasteiger partial charge in [0.15, 0.2) is 0 Å². The van der Waals surface area contributed by atoms with Gasteiger partial charge in [0.05, 0.1) is 16.2 Å². The number of para-hydroxylation sites is 2. The average Bonchev–Trinajstić information content (AvgIpc) is 2.97. The Balaban J connectivity index is 1.91. The van der Waals surface area contributed by atoms with Crippen molar-refractivity contribution in [3.05, 3.63) is 51.8 Å². The van der Waals surface area contributed by atoms with E-state index in [2.05, 4.69) is 5.10 Å². The number of aromatic nitrogens is 2. The molecule has 24 heavy (non-hydrogen) atoms. The second-order valence-electron chi connectivity index (χ2n) is 6.00. The number of nitrogens with two attached hydrogens (primary N) is 1. The van der Waals surface area contributed by atoms with E-state index in [4.69, 9.17) is 5.73 Å². The molecule has 3 rings (SSSR count). The minimum Gasteiger partial charge on any atom is -0.365 e. The minimum absolute atomic E-state index is 0.0160. The van der Waals surface area contributed by atoms with Crippen LogP contribution in [-0.2, 0) is 7.05 Å². The standard InChI is InChI=1S/C16H19N5O3/c1-19-10-12(16(17)22)15(18-19)11-5-4-8-20(9-11)13-6-2-3-7-14(13)21(23)24/h2-3,6-7,10-11H,4-5,8-9H2,1H3,(H2,17,22)/t11-/m0/s1. The van der Waals surface area contributed by atoms with Crippen LogP contribution < -0.4 is 10.6 Å². The molecule has 0 unspecified atom stereocenters. The van der Waals surface area contributed by atoms with Crippen LogP contribution in [0.15, 0.2) is 30.5 Å². The lowest BCUT2D eigenvalue weighted by molar-refractivity contribution is -0.384. The van der Waals surface area contributed by atoms with E-state index in [9.17, 15) is 14.9 Å². The Morgan fingerprint density at radius 1 is 1.42 bits per heavy atom. The molecule has 126 valence electrons. The van der Waals surface area contributed by atoms with Gasteiger partial charge in [-0.25, -0.2) is 0 Å². The van der Waals surface area contributed by atoms with Crippen LogP contribution in [-0.4, -0.2) is 33.7 Å². The number of nitro benzene ring substituents is 1. The summed E-state index contributed by atoms with van der Waals surface area (Å²) in [5, 5.41) is 15.7. The van der Waals surface area contributed by atoms with Crippen molar-refractivity contribution in [3.8, 4) is 0 Å². The Hall–Kier alpha value is -2.90. The normalized spacial score (nSPS) is 17.7. The quantitative estimate of drug-likeness (QED) is 0.680. The van der Waals surface area contributed by atoms with Gasteiger partial charge in [-0.2, -0.15) is 5.10 Å². The molecule has 1 fully saturated rings. The Bertz CT molecular complexity index is 786. The van der Waals surface area contributed by atoms with Crippen molar-refractivity contribution in [1.82, 2.24) is 9.78 Å². The number of rotatable bonds is 4. The molecule has 0 saturated carbocycles. The molecule has 8 nitrogen and oxygen atoms in total. The van der Waals surface area contributed by atoms with E-state index in [0.29, 0.717) is 23.5 Å². The maximum Gasteiger partial charge on any atom is 0.292 e. The van der Waals surface area contributed by atoms with Crippen LogP contribution in [0.5, 0.6) is 0 Å². The Morgan fingerprint density at radius 3 is 2.88 bits per heavy atom. The van der Waals surface area contributed by atoms with Gasteiger partial charge < -0.3 is 10.6 Å². The molecular weight excluding hydrogens is 310 g/mol. The molecule has 1 aliphatic heterocycles. The molecule has 0 aliphatic carbocycles. The number of nitrogens with zero attached hydrogens (tertiary/aromatic N) is 4. The van der Waals surface area contributed by atoms with E-state index >= 15 is 0 Å². The highest BCUT2D eigenvalue weighted by molar-refractivity contribution is 5.93. The molecule has 1 atom stereocenters. The summed E-state index contributed by atoms with van der Waals surface area (Å²) < 4.78 is 1.58. The molecule has 1 amide bonds. The SMILES string of the molecule is Cn1cc(C(N)=O)c([C@H]2CCCN(c3ccccc3[N+](=O)[O-])C2)n1. The van der Waals surface area contributed by atoms with E-state index in [1.807, 2.05) is 4.90 Å². The molecule has 0 bridgehead atoms. The van der Waals surface area contributed by atoms with Crippen LogP contribution in [0.4, 0.5) is 11.4 Å². The van der Waals surface area contributed by atoms with Crippen LogP contribution in [0.3, 0.4) is 0 Å². The van der Waals surface area contributed by atoms with E-state index in [1.165, 1.54) is 6.07 Å². The summed E-state index contributed by atoms with van der Waals surface area (Å²) in [6.45, 7) is 1.31. The molecular formula is C16H19N5O3. The third-order valence-corrected chi connectivity index (χ3v) is 4.35. The number of amides is 1. The molecule has 0 spiro atoms. The van der Waals surface area contributed by atoms with Gasteiger partial charge in [0.2, 0.25) is 0 Å². The number of anilines is 1. The fourth-order valence-electron chi connectivity index (χ4n) is 3.30. The minimum atomic E-state index is -0.499. The van der Waals surface area contributed by atoms with E-state index in [1.54, 1.807) is 36.1 Å². The third kappa shape index (κ3) is 2.94. The number of hydrogen-bond acceptors (Lipinski definition) is 5. The maximum absolute atomic E-state index is 11.6. The number of nitro groups is 1. The second-order valence-corrected chi connectivity index (χ2v) is 6.00. The van der Waals surface area contributed by atoms with Crippen molar-refractivity contribution < 1.29 is 9.72 Å². The summed E-state index contributed by atoms with van der Waals surface area (Å²) in [5.74, 6) is -0.483. The van der Waals surface area contributed by atoms with Crippen molar-refractivity contribution in [1.29, 1.82) is 0 Å². The number of carbonyl (C=O) groups is 1. The van der Waals surface area contributed by atoms with E-state index in [0.717, 1.165) is 19.4 Å². The van der Waals surface area contributed by atoms with Gasteiger partial charge in [-0.3, -0.25) is 19.6 Å². The highest BCUT2D eigenvalue weighted by Crippen LogP contribution is 2.34. The number of hydrogen-bond donors (Lipinski definition) is 1. The van der Waals surface area contributed by atoms with Crippen LogP contribution in [0.25, 0.3) is 0 Å². The van der Waals surface area contributed by atoms with Gasteiger partial charge in [-0.05, 0) is 18.9 Å². The number of primary amides is 1. The van der Waals surface area contributed by atoms with Gasteiger partial charge in [0, 0.05) is 38.3 Å². The van der Waals surface area contributed by atoms with Crippen LogP contribution in [0.2, 0.25) is 0 Å². The molecule has 1 aromatic carbocycles. The predicted molar refractivity (Wildman–Crippen MR) is 89.0 cm³/mol. The van der Waals surface area contributed by atoms with Crippen molar-refractivity contribution in [2.24, 2.45) is 12.8 Å². The molecule has 2 aromatic rings. The zero-order valence-electron chi connectivity index (χ0n) is 13.4. The van der Waals surface area contributed by atoms with Gasteiger partial charge >= 0.3 is 0 Å². The Morgan fingerprint density at radius 2 is 2.17 bits per heavy atom. The molecule has 2 heterocycles. The lowest BCUT2D eigenvalue weighted by Gasteiger charge is -2.33. The molecule has 2 N–H and O–H groups in total. The van der Waals surface area contributed by atoms with Crippen molar-refractivity contribution in [3.63, 3.8) is 0 Å². The van der Waals surface area contributed by atoms with Gasteiger partial charge in [-0.15, -0.1) is 0 Å². The first kappa shape index (κ1) is 16.0. The fraction of sp³-hybridized carbons (Fsp3) is 0.375. The first-order valence-electron chi connectivity index (χ1n) is 7.79. The van der Waals surface area contributed by atoms with Gasteiger partial charge in [0.1, 0.15) is 5.69 Å². The Kier molecular flexibility index (Phi) is 4.20. The maximum atomic E-state index is 11.6. The lowest BCUT2D eigenvalue weighted by Crippen LogP contribution is -2.35. The summed E-state index contributed by atoms with van der Waals surface area (Å²) in [5.41, 5.74) is 7.24. The van der Waals surface area contributed by atoms with Crippen molar-refractivity contribution in [2.75, 3.05) is 18.0 Å². The monoisotopic (exact) mass is 329 g/mol. The second kappa shape index (κ2) is 6.31. The first-order valence-corrected chi connectivity index (χ1v) is 7.79. The zero-order valence-corrected chi connectivity index (χ0v) is 13.4. The summed E-state index contributed by atoms with van der Waals surface area (Å²) in [7, 11) is 1.75. The lowest BCUT2D eigenvalue weighted by atomic mass is 9.92. The number of benzene rings is 1. The Labute approximate surface area is 139 Å². The summed E-state index contributed by atoms with van der Waals surface area (Å²) in [6.07, 6.45) is 3.36. The van der Waals surface area contributed by atoms with Gasteiger partial charge in [0.25, 0.3) is 11.6 Å². The van der Waals surface area contributed by atoms with Crippen LogP contribution in [0.1, 0.15) is 34.8 Å². The number of piperidine rings is 1.